The van der Waals surface area contributed by atoms with Crippen molar-refractivity contribution in [2.24, 2.45) is 11.8 Å². The molecule has 7 heteroatoms. The first kappa shape index (κ1) is 15.7. The molecule has 0 aliphatic carbocycles. The third-order valence-corrected chi connectivity index (χ3v) is 3.91. The van der Waals surface area contributed by atoms with Gasteiger partial charge in [-0.1, -0.05) is 18.5 Å². The Kier molecular flexibility index (Phi) is 4.46. The minimum Gasteiger partial charge on any atom is -0.481 e. The smallest absolute Gasteiger partial charge is 0.308 e. The molecule has 0 bridgehead atoms. The standard InChI is InChI=1S/C14H14ClF2NO3/c1-7-4-8(14(20)21)6-18(5-7)13(19)9-2-3-10(16)11(15)12(9)17/h2-3,7-8H,4-6H2,1H3,(H,20,21). The van der Waals surface area contributed by atoms with Crippen LogP contribution in [0.4, 0.5) is 8.78 Å². The van der Waals surface area contributed by atoms with Crippen LogP contribution in [0.3, 0.4) is 0 Å². The largest absolute Gasteiger partial charge is 0.481 e. The number of likely N-dealkylation sites (tertiary alicyclic amines) is 1. The second-order valence-electron chi connectivity index (χ2n) is 5.31. The molecule has 0 saturated carbocycles. The molecule has 21 heavy (non-hydrogen) atoms. The van der Waals surface area contributed by atoms with Crippen molar-refractivity contribution < 1.29 is 23.5 Å². The summed E-state index contributed by atoms with van der Waals surface area (Å²) in [4.78, 5) is 24.7. The summed E-state index contributed by atoms with van der Waals surface area (Å²) in [7, 11) is 0. The fourth-order valence-electron chi connectivity index (χ4n) is 2.56. The lowest BCUT2D eigenvalue weighted by Gasteiger charge is -2.34. The van der Waals surface area contributed by atoms with E-state index in [1.165, 1.54) is 4.90 Å². The first-order valence-electron chi connectivity index (χ1n) is 6.46. The third kappa shape index (κ3) is 3.15. The normalized spacial score (nSPS) is 22.2. The van der Waals surface area contributed by atoms with E-state index in [9.17, 15) is 18.4 Å². The monoisotopic (exact) mass is 317 g/mol. The number of piperidine rings is 1. The summed E-state index contributed by atoms with van der Waals surface area (Å²) in [5.41, 5.74) is -0.348. The molecule has 1 heterocycles. The number of hydrogen-bond acceptors (Lipinski definition) is 2. The molecule has 1 aliphatic heterocycles. The molecule has 4 nitrogen and oxygen atoms in total. The van der Waals surface area contributed by atoms with Gasteiger partial charge in [0.05, 0.1) is 11.5 Å². The number of benzene rings is 1. The van der Waals surface area contributed by atoms with Gasteiger partial charge in [0.15, 0.2) is 5.82 Å². The number of carboxylic acids is 1. The molecule has 2 unspecified atom stereocenters. The summed E-state index contributed by atoms with van der Waals surface area (Å²) in [6, 6.07) is 1.94. The van der Waals surface area contributed by atoms with E-state index in [1.54, 1.807) is 0 Å². The first-order chi connectivity index (χ1) is 9.81. The van der Waals surface area contributed by atoms with Crippen LogP contribution in [-0.4, -0.2) is 35.0 Å². The molecule has 1 aromatic carbocycles. The van der Waals surface area contributed by atoms with Crippen LogP contribution in [-0.2, 0) is 4.79 Å². The van der Waals surface area contributed by atoms with Crippen molar-refractivity contribution in [3.63, 3.8) is 0 Å². The van der Waals surface area contributed by atoms with Crippen LogP contribution < -0.4 is 0 Å². The fraction of sp³-hybridized carbons (Fsp3) is 0.429. The molecular weight excluding hydrogens is 304 g/mol. The van der Waals surface area contributed by atoms with Crippen LogP contribution in [0.2, 0.25) is 5.02 Å². The number of aliphatic carboxylic acids is 1. The Bertz CT molecular complexity index is 594. The summed E-state index contributed by atoms with van der Waals surface area (Å²) in [5.74, 6) is -4.42. The van der Waals surface area contributed by atoms with Crippen molar-refractivity contribution in [3.05, 3.63) is 34.4 Å². The molecule has 1 aliphatic rings. The number of carbonyl (C=O) groups is 2. The highest BCUT2D eigenvalue weighted by atomic mass is 35.5. The molecule has 0 aromatic heterocycles. The van der Waals surface area contributed by atoms with Crippen LogP contribution in [0.25, 0.3) is 0 Å². The predicted octanol–water partition coefficient (Wildman–Crippen LogP) is 2.80. The van der Waals surface area contributed by atoms with Crippen molar-refractivity contribution in [2.75, 3.05) is 13.1 Å². The van der Waals surface area contributed by atoms with Crippen molar-refractivity contribution >= 4 is 23.5 Å². The average molecular weight is 318 g/mol. The zero-order valence-electron chi connectivity index (χ0n) is 11.3. The van der Waals surface area contributed by atoms with Gasteiger partial charge in [-0.2, -0.15) is 0 Å². The molecule has 0 spiro atoms. The quantitative estimate of drug-likeness (QED) is 0.853. The summed E-state index contributed by atoms with van der Waals surface area (Å²) in [6.07, 6.45) is 0.464. The van der Waals surface area contributed by atoms with Crippen LogP contribution in [0.1, 0.15) is 23.7 Å². The SMILES string of the molecule is CC1CC(C(=O)O)CN(C(=O)c2ccc(F)c(Cl)c2F)C1. The second kappa shape index (κ2) is 5.97. The molecular formula is C14H14ClF2NO3. The van der Waals surface area contributed by atoms with Crippen molar-refractivity contribution in [3.8, 4) is 0 Å². The Labute approximate surface area is 125 Å². The summed E-state index contributed by atoms with van der Waals surface area (Å²) in [5, 5.41) is 8.34. The summed E-state index contributed by atoms with van der Waals surface area (Å²) < 4.78 is 27.0. The lowest BCUT2D eigenvalue weighted by molar-refractivity contribution is -0.143. The zero-order chi connectivity index (χ0) is 15.7. The Morgan fingerprint density at radius 2 is 2.00 bits per heavy atom. The van der Waals surface area contributed by atoms with E-state index in [0.717, 1.165) is 12.1 Å². The minimum atomic E-state index is -1.12. The van der Waals surface area contributed by atoms with E-state index in [4.69, 9.17) is 16.7 Å². The van der Waals surface area contributed by atoms with Gasteiger partial charge < -0.3 is 10.0 Å². The van der Waals surface area contributed by atoms with Gasteiger partial charge in [0.1, 0.15) is 10.8 Å². The van der Waals surface area contributed by atoms with Crippen molar-refractivity contribution in [1.82, 2.24) is 4.90 Å². The van der Waals surface area contributed by atoms with Crippen LogP contribution in [0.15, 0.2) is 12.1 Å². The van der Waals surface area contributed by atoms with E-state index in [2.05, 4.69) is 0 Å². The molecule has 1 fully saturated rings. The van der Waals surface area contributed by atoms with Gasteiger partial charge in [0.25, 0.3) is 5.91 Å². The number of carbonyl (C=O) groups excluding carboxylic acids is 1. The zero-order valence-corrected chi connectivity index (χ0v) is 12.0. The number of carboxylic acid groups (broad SMARTS) is 1. The highest BCUT2D eigenvalue weighted by Crippen LogP contribution is 2.26. The van der Waals surface area contributed by atoms with Gasteiger partial charge in [-0.15, -0.1) is 0 Å². The Morgan fingerprint density at radius 3 is 2.62 bits per heavy atom. The van der Waals surface area contributed by atoms with Crippen LogP contribution >= 0.6 is 11.6 Å². The highest BCUT2D eigenvalue weighted by Gasteiger charge is 2.33. The van der Waals surface area contributed by atoms with Gasteiger partial charge in [-0.3, -0.25) is 9.59 Å². The maximum Gasteiger partial charge on any atom is 0.308 e. The molecule has 2 rings (SSSR count). The number of amides is 1. The highest BCUT2D eigenvalue weighted by molar-refractivity contribution is 6.31. The average Bonchev–Trinajstić information content (AvgIpc) is 2.43. The second-order valence-corrected chi connectivity index (χ2v) is 5.69. The Balaban J connectivity index is 2.27. The molecule has 2 atom stereocenters. The summed E-state index contributed by atoms with van der Waals surface area (Å²) >= 11 is 5.46. The van der Waals surface area contributed by atoms with Crippen molar-refractivity contribution in [1.29, 1.82) is 0 Å². The molecule has 1 N–H and O–H groups in total. The first-order valence-corrected chi connectivity index (χ1v) is 6.84. The number of halogens is 3. The van der Waals surface area contributed by atoms with E-state index in [1.807, 2.05) is 6.92 Å². The van der Waals surface area contributed by atoms with Crippen LogP contribution in [0.5, 0.6) is 0 Å². The third-order valence-electron chi connectivity index (χ3n) is 3.56. The fourth-order valence-corrected chi connectivity index (χ4v) is 2.72. The van der Waals surface area contributed by atoms with E-state index in [0.29, 0.717) is 13.0 Å². The maximum atomic E-state index is 13.9. The molecule has 1 aromatic rings. The summed E-state index contributed by atoms with van der Waals surface area (Å²) in [6.45, 7) is 2.16. The number of nitrogens with zero attached hydrogens (tertiary/aromatic N) is 1. The Hall–Kier alpha value is -1.69. The van der Waals surface area contributed by atoms with Gasteiger partial charge in [-0.05, 0) is 24.5 Å². The molecule has 0 radical (unpaired) electrons. The van der Waals surface area contributed by atoms with E-state index < -0.39 is 34.5 Å². The molecule has 1 amide bonds. The number of hydrogen-bond donors (Lipinski definition) is 1. The lowest BCUT2D eigenvalue weighted by atomic mass is 9.90. The lowest BCUT2D eigenvalue weighted by Crippen LogP contribution is -2.45. The van der Waals surface area contributed by atoms with Gasteiger partial charge >= 0.3 is 5.97 Å². The molecule has 1 saturated heterocycles. The van der Waals surface area contributed by atoms with Gasteiger partial charge in [-0.25, -0.2) is 8.78 Å². The van der Waals surface area contributed by atoms with Crippen molar-refractivity contribution in [2.45, 2.75) is 13.3 Å². The topological polar surface area (TPSA) is 57.6 Å². The predicted molar refractivity (Wildman–Crippen MR) is 72.2 cm³/mol. The number of rotatable bonds is 2. The maximum absolute atomic E-state index is 13.9. The van der Waals surface area contributed by atoms with E-state index >= 15 is 0 Å². The van der Waals surface area contributed by atoms with E-state index in [-0.39, 0.29) is 18.0 Å². The van der Waals surface area contributed by atoms with Crippen LogP contribution in [0, 0.1) is 23.5 Å². The minimum absolute atomic E-state index is 0.00689. The Morgan fingerprint density at radius 1 is 1.33 bits per heavy atom. The van der Waals surface area contributed by atoms with Gasteiger partial charge in [0.2, 0.25) is 0 Å². The molecule has 114 valence electrons. The van der Waals surface area contributed by atoms with Gasteiger partial charge in [0, 0.05) is 13.1 Å².